The smallest absolute Gasteiger partial charge is 0.230 e. The Balaban J connectivity index is 1.33. The first-order valence-corrected chi connectivity index (χ1v) is 10.6. The largest absolute Gasteiger partial charge is 0.487 e. The van der Waals surface area contributed by atoms with E-state index in [4.69, 9.17) is 4.74 Å². The van der Waals surface area contributed by atoms with E-state index in [0.717, 1.165) is 33.3 Å². The van der Waals surface area contributed by atoms with Crippen LogP contribution in [0.2, 0.25) is 0 Å². The van der Waals surface area contributed by atoms with Crippen LogP contribution in [-0.4, -0.2) is 34.3 Å². The van der Waals surface area contributed by atoms with Gasteiger partial charge >= 0.3 is 0 Å². The van der Waals surface area contributed by atoms with Gasteiger partial charge in [0.25, 0.3) is 0 Å². The van der Waals surface area contributed by atoms with Gasteiger partial charge in [0.2, 0.25) is 5.91 Å². The Morgan fingerprint density at radius 1 is 1.37 bits per heavy atom. The van der Waals surface area contributed by atoms with Crippen LogP contribution >= 0.6 is 23.1 Å². The van der Waals surface area contributed by atoms with Crippen molar-refractivity contribution in [3.8, 4) is 16.9 Å². The number of fused-ring (bicyclic) bond motifs is 1. The second-order valence-corrected chi connectivity index (χ2v) is 8.41. The van der Waals surface area contributed by atoms with Crippen LogP contribution in [0.15, 0.2) is 52.4 Å². The lowest BCUT2D eigenvalue weighted by molar-refractivity contribution is -0.118. The molecule has 3 heterocycles. The first kappa shape index (κ1) is 18.0. The summed E-state index contributed by atoms with van der Waals surface area (Å²) in [5, 5.41) is 4.97. The molecule has 1 atom stereocenters. The number of para-hydroxylation sites is 1. The van der Waals surface area contributed by atoms with E-state index >= 15 is 0 Å². The molecule has 0 saturated carbocycles. The van der Waals surface area contributed by atoms with Crippen LogP contribution in [0.5, 0.6) is 5.75 Å². The van der Waals surface area contributed by atoms with E-state index < -0.39 is 0 Å². The average Bonchev–Trinajstić information content (AvgIpc) is 3.30. The third kappa shape index (κ3) is 4.31. The van der Waals surface area contributed by atoms with Gasteiger partial charge in [-0.15, -0.1) is 11.3 Å². The van der Waals surface area contributed by atoms with Gasteiger partial charge in [-0.05, 0) is 18.6 Å². The maximum absolute atomic E-state index is 12.1. The third-order valence-corrected chi connectivity index (χ3v) is 6.39. The molecule has 7 heteroatoms. The average molecular weight is 398 g/mol. The number of rotatable bonds is 6. The molecule has 0 radical (unpaired) electrons. The zero-order chi connectivity index (χ0) is 18.6. The summed E-state index contributed by atoms with van der Waals surface area (Å²) in [4.78, 5) is 20.7. The Labute approximate surface area is 166 Å². The van der Waals surface area contributed by atoms with E-state index in [0.29, 0.717) is 12.3 Å². The molecule has 5 nitrogen and oxygen atoms in total. The number of benzene rings is 1. The van der Waals surface area contributed by atoms with Crippen molar-refractivity contribution in [3.63, 3.8) is 0 Å². The molecular weight excluding hydrogens is 378 g/mol. The summed E-state index contributed by atoms with van der Waals surface area (Å²) < 4.78 is 7.07. The lowest BCUT2D eigenvalue weighted by atomic mass is 10.0. The molecule has 0 saturated heterocycles. The number of hydrogen-bond donors (Lipinski definition) is 1. The van der Waals surface area contributed by atoms with Crippen molar-refractivity contribution in [2.24, 2.45) is 0 Å². The summed E-state index contributed by atoms with van der Waals surface area (Å²) in [6.45, 7) is 2.45. The number of ether oxygens (including phenoxy) is 1. The van der Waals surface area contributed by atoms with Gasteiger partial charge in [0.05, 0.1) is 12.3 Å². The Kier molecular flexibility index (Phi) is 5.40. The van der Waals surface area contributed by atoms with Gasteiger partial charge in [-0.3, -0.25) is 9.78 Å². The van der Waals surface area contributed by atoms with Crippen molar-refractivity contribution in [3.05, 3.63) is 59.4 Å². The van der Waals surface area contributed by atoms with Gasteiger partial charge in [-0.1, -0.05) is 36.0 Å². The lowest BCUT2D eigenvalue weighted by Crippen LogP contribution is -2.35. The molecule has 1 N–H and O–H groups in total. The number of aromatic nitrogens is 2. The molecule has 138 valence electrons. The number of thioether (sulfide) groups is 1. The summed E-state index contributed by atoms with van der Waals surface area (Å²) in [5.74, 6) is 1.27. The molecule has 1 unspecified atom stereocenters. The maximum atomic E-state index is 12.1. The molecule has 0 fully saturated rings. The highest BCUT2D eigenvalue weighted by Crippen LogP contribution is 2.38. The molecule has 1 aliphatic heterocycles. The van der Waals surface area contributed by atoms with E-state index in [1.165, 1.54) is 17.3 Å². The number of aryl methyl sites for hydroxylation is 1. The minimum atomic E-state index is -0.0473. The SMILES string of the molecule is Cc1csc(SCC(=O)NCC2Cc3cccc(-c4cccnc4)c3O2)n1. The number of amides is 1. The number of carbonyl (C=O) groups excluding carboxylic acids is 1. The molecule has 1 amide bonds. The van der Waals surface area contributed by atoms with Crippen LogP contribution in [0.4, 0.5) is 0 Å². The molecule has 3 aromatic rings. The maximum Gasteiger partial charge on any atom is 0.230 e. The number of nitrogens with zero attached hydrogens (tertiary/aromatic N) is 2. The molecule has 0 aliphatic carbocycles. The molecule has 4 rings (SSSR count). The van der Waals surface area contributed by atoms with Gasteiger partial charge in [0, 0.05) is 41.0 Å². The highest BCUT2D eigenvalue weighted by Gasteiger charge is 2.26. The monoisotopic (exact) mass is 397 g/mol. The van der Waals surface area contributed by atoms with Crippen molar-refractivity contribution in [2.45, 2.75) is 23.8 Å². The van der Waals surface area contributed by atoms with Crippen LogP contribution in [0, 0.1) is 6.92 Å². The molecule has 0 spiro atoms. The zero-order valence-corrected chi connectivity index (χ0v) is 16.5. The van der Waals surface area contributed by atoms with Gasteiger partial charge < -0.3 is 10.1 Å². The Morgan fingerprint density at radius 3 is 3.07 bits per heavy atom. The standard InChI is InChI=1S/C20H19N3O2S2/c1-13-11-26-20(23-13)27-12-18(24)22-10-16-8-14-4-2-6-17(19(14)25-16)15-5-3-7-21-9-15/h2-7,9,11,16H,8,10,12H2,1H3,(H,22,24). The molecule has 1 aliphatic rings. The summed E-state index contributed by atoms with van der Waals surface area (Å²) in [6.07, 6.45) is 4.35. The fourth-order valence-corrected chi connectivity index (χ4v) is 4.69. The number of carbonyl (C=O) groups is 1. The Morgan fingerprint density at radius 2 is 2.30 bits per heavy atom. The van der Waals surface area contributed by atoms with Crippen LogP contribution in [0.3, 0.4) is 0 Å². The van der Waals surface area contributed by atoms with Crippen molar-refractivity contribution < 1.29 is 9.53 Å². The Hall–Kier alpha value is -2.38. The summed E-state index contributed by atoms with van der Waals surface area (Å²) in [5.41, 5.74) is 4.24. The topological polar surface area (TPSA) is 64.1 Å². The first-order chi connectivity index (χ1) is 13.2. The van der Waals surface area contributed by atoms with Crippen molar-refractivity contribution >= 4 is 29.0 Å². The van der Waals surface area contributed by atoms with E-state index in [-0.39, 0.29) is 12.0 Å². The fourth-order valence-electron chi connectivity index (χ4n) is 3.01. The summed E-state index contributed by atoms with van der Waals surface area (Å²) in [7, 11) is 0. The summed E-state index contributed by atoms with van der Waals surface area (Å²) in [6, 6.07) is 10.1. The molecule has 1 aromatic carbocycles. The second-order valence-electron chi connectivity index (χ2n) is 6.33. The fraction of sp³-hybridized carbons (Fsp3) is 0.250. The number of hydrogen-bond acceptors (Lipinski definition) is 6. The van der Waals surface area contributed by atoms with Crippen LogP contribution in [0.25, 0.3) is 11.1 Å². The van der Waals surface area contributed by atoms with E-state index in [1.54, 1.807) is 17.5 Å². The first-order valence-electron chi connectivity index (χ1n) is 8.69. The van der Waals surface area contributed by atoms with Crippen LogP contribution < -0.4 is 10.1 Å². The van der Waals surface area contributed by atoms with Crippen molar-refractivity contribution in [1.29, 1.82) is 0 Å². The highest BCUT2D eigenvalue weighted by molar-refractivity contribution is 8.01. The van der Waals surface area contributed by atoms with Gasteiger partial charge in [-0.25, -0.2) is 4.98 Å². The molecule has 27 heavy (non-hydrogen) atoms. The van der Waals surface area contributed by atoms with Crippen LogP contribution in [-0.2, 0) is 11.2 Å². The third-order valence-electron chi connectivity index (χ3n) is 4.25. The van der Waals surface area contributed by atoms with E-state index in [9.17, 15) is 4.79 Å². The van der Waals surface area contributed by atoms with Crippen LogP contribution in [0.1, 0.15) is 11.3 Å². The molecule has 0 bridgehead atoms. The minimum absolute atomic E-state index is 0.0001000. The van der Waals surface area contributed by atoms with Gasteiger partial charge in [0.15, 0.2) is 4.34 Å². The molecule has 2 aromatic heterocycles. The van der Waals surface area contributed by atoms with E-state index in [1.807, 2.05) is 42.8 Å². The molecular formula is C20H19N3O2S2. The van der Waals surface area contributed by atoms with Crippen molar-refractivity contribution in [2.75, 3.05) is 12.3 Å². The Bertz CT molecular complexity index is 943. The predicted molar refractivity (Wildman–Crippen MR) is 108 cm³/mol. The highest BCUT2D eigenvalue weighted by atomic mass is 32.2. The summed E-state index contributed by atoms with van der Waals surface area (Å²) >= 11 is 3.03. The van der Waals surface area contributed by atoms with Crippen molar-refractivity contribution in [1.82, 2.24) is 15.3 Å². The number of nitrogens with one attached hydrogen (secondary N) is 1. The lowest BCUT2D eigenvalue weighted by Gasteiger charge is -2.13. The predicted octanol–water partition coefficient (Wildman–Crippen LogP) is 3.73. The van der Waals surface area contributed by atoms with Gasteiger partial charge in [0.1, 0.15) is 11.9 Å². The quantitative estimate of drug-likeness (QED) is 0.642. The zero-order valence-electron chi connectivity index (χ0n) is 14.8. The number of thiazole rings is 1. The second kappa shape index (κ2) is 8.10. The minimum Gasteiger partial charge on any atom is -0.487 e. The van der Waals surface area contributed by atoms with Gasteiger partial charge in [-0.2, -0.15) is 0 Å². The normalized spacial score (nSPS) is 15.2. The number of pyridine rings is 1. The van der Waals surface area contributed by atoms with E-state index in [2.05, 4.69) is 21.4 Å².